The molecule has 0 amide bonds. The summed E-state index contributed by atoms with van der Waals surface area (Å²) in [5, 5.41) is 0.0458. The third-order valence-corrected chi connectivity index (χ3v) is 4.58. The minimum atomic E-state index is -3.61. The van der Waals surface area contributed by atoms with Crippen LogP contribution in [0.3, 0.4) is 0 Å². The number of sulfonamides is 1. The van der Waals surface area contributed by atoms with Crippen LogP contribution in [0.4, 0.5) is 5.69 Å². The lowest BCUT2D eigenvalue weighted by atomic mass is 10.3. The maximum atomic E-state index is 12.0. The zero-order valence-electron chi connectivity index (χ0n) is 8.67. The molecule has 2 rings (SSSR count). The highest BCUT2D eigenvalue weighted by molar-refractivity contribution is 14.1. The van der Waals surface area contributed by atoms with Crippen molar-refractivity contribution in [2.45, 2.75) is 5.03 Å². The van der Waals surface area contributed by atoms with E-state index in [0.717, 1.165) is 0 Å². The Balaban J connectivity index is 2.36. The van der Waals surface area contributed by atoms with Crippen LogP contribution in [0.25, 0.3) is 0 Å². The van der Waals surface area contributed by atoms with Crippen LogP contribution in [0.5, 0.6) is 0 Å². The van der Waals surface area contributed by atoms with Crippen molar-refractivity contribution >= 4 is 38.3 Å². The van der Waals surface area contributed by atoms with Crippen LogP contribution in [0.15, 0.2) is 53.7 Å². The fourth-order valence-corrected chi connectivity index (χ4v) is 3.56. The van der Waals surface area contributed by atoms with Gasteiger partial charge in [0.25, 0.3) is 10.0 Å². The van der Waals surface area contributed by atoms with Crippen molar-refractivity contribution in [2.75, 3.05) is 4.72 Å². The Kier molecular flexibility index (Phi) is 3.63. The highest BCUT2D eigenvalue weighted by Gasteiger charge is 2.18. The molecule has 0 unspecified atom stereocenters. The Morgan fingerprint density at radius 3 is 2.41 bits per heavy atom. The second-order valence-corrected chi connectivity index (χ2v) is 6.02. The zero-order valence-corrected chi connectivity index (χ0v) is 11.6. The number of rotatable bonds is 3. The smallest absolute Gasteiger partial charge is 0.278 e. The van der Waals surface area contributed by atoms with Crippen molar-refractivity contribution < 1.29 is 8.42 Å². The van der Waals surface area contributed by atoms with E-state index in [9.17, 15) is 8.42 Å². The molecule has 0 atom stereocenters. The molecule has 4 nitrogen and oxygen atoms in total. The van der Waals surface area contributed by atoms with Crippen LogP contribution in [0, 0.1) is 3.57 Å². The molecule has 0 aliphatic heterocycles. The highest BCUT2D eigenvalue weighted by atomic mass is 127. The molecule has 0 saturated heterocycles. The number of nitrogens with zero attached hydrogens (tertiary/aromatic N) is 1. The summed E-state index contributed by atoms with van der Waals surface area (Å²) in [6.45, 7) is 0. The van der Waals surface area contributed by atoms with Crippen molar-refractivity contribution in [1.29, 1.82) is 0 Å². The molecule has 1 heterocycles. The molecule has 88 valence electrons. The number of hydrogen-bond donors (Lipinski definition) is 1. The van der Waals surface area contributed by atoms with E-state index >= 15 is 0 Å². The lowest BCUT2D eigenvalue weighted by molar-refractivity contribution is 0.597. The topological polar surface area (TPSA) is 59.1 Å². The summed E-state index contributed by atoms with van der Waals surface area (Å²) in [5.41, 5.74) is 0.522. The van der Waals surface area contributed by atoms with Crippen molar-refractivity contribution in [2.24, 2.45) is 0 Å². The van der Waals surface area contributed by atoms with Gasteiger partial charge in [-0.05, 0) is 46.9 Å². The number of para-hydroxylation sites is 1. The van der Waals surface area contributed by atoms with Gasteiger partial charge >= 0.3 is 0 Å². The molecule has 0 radical (unpaired) electrons. The van der Waals surface area contributed by atoms with E-state index in [2.05, 4.69) is 9.71 Å². The SMILES string of the molecule is O=S(=O)(Nc1ccccc1)c1ncccc1I. The molecule has 0 aliphatic carbocycles. The van der Waals surface area contributed by atoms with Gasteiger partial charge in [-0.3, -0.25) is 4.72 Å². The number of benzene rings is 1. The number of hydrogen-bond acceptors (Lipinski definition) is 3. The Morgan fingerprint density at radius 1 is 1.06 bits per heavy atom. The van der Waals surface area contributed by atoms with Crippen LogP contribution in [0.1, 0.15) is 0 Å². The number of pyridine rings is 1. The second-order valence-electron chi connectivity index (χ2n) is 3.26. The van der Waals surface area contributed by atoms with Crippen LogP contribution in [0.2, 0.25) is 0 Å². The van der Waals surface area contributed by atoms with E-state index in [1.165, 1.54) is 6.20 Å². The largest absolute Gasteiger partial charge is 0.280 e. The van der Waals surface area contributed by atoms with Gasteiger partial charge in [-0.2, -0.15) is 8.42 Å². The van der Waals surface area contributed by atoms with Gasteiger partial charge in [0, 0.05) is 11.9 Å². The summed E-state index contributed by atoms with van der Waals surface area (Å²) in [6.07, 6.45) is 1.46. The van der Waals surface area contributed by atoms with Gasteiger partial charge in [-0.1, -0.05) is 18.2 Å². The predicted octanol–water partition coefficient (Wildman–Crippen LogP) is 2.49. The summed E-state index contributed by atoms with van der Waals surface area (Å²) in [4.78, 5) is 3.89. The van der Waals surface area contributed by atoms with Crippen molar-refractivity contribution in [1.82, 2.24) is 4.98 Å². The minimum Gasteiger partial charge on any atom is -0.278 e. The lowest BCUT2D eigenvalue weighted by Gasteiger charge is -2.08. The molecule has 0 aliphatic rings. The number of anilines is 1. The Bertz CT molecular complexity index is 614. The summed E-state index contributed by atoms with van der Waals surface area (Å²) >= 11 is 1.95. The zero-order chi connectivity index (χ0) is 12.3. The monoisotopic (exact) mass is 360 g/mol. The van der Waals surface area contributed by atoms with Gasteiger partial charge in [0.15, 0.2) is 5.03 Å². The van der Waals surface area contributed by atoms with E-state index < -0.39 is 10.0 Å². The molecule has 0 spiro atoms. The Hall–Kier alpha value is -1.15. The summed E-state index contributed by atoms with van der Waals surface area (Å²) < 4.78 is 27.2. The maximum Gasteiger partial charge on any atom is 0.280 e. The number of aromatic nitrogens is 1. The van der Waals surface area contributed by atoms with E-state index in [1.807, 2.05) is 28.7 Å². The predicted molar refractivity (Wildman–Crippen MR) is 74.2 cm³/mol. The minimum absolute atomic E-state index is 0.0458. The third-order valence-electron chi connectivity index (χ3n) is 2.01. The van der Waals surface area contributed by atoms with Gasteiger partial charge in [0.2, 0.25) is 0 Å². The molecule has 0 bridgehead atoms. The number of halogens is 1. The fraction of sp³-hybridized carbons (Fsp3) is 0. The van der Waals surface area contributed by atoms with E-state index in [0.29, 0.717) is 9.26 Å². The van der Waals surface area contributed by atoms with Crippen LogP contribution >= 0.6 is 22.6 Å². The van der Waals surface area contributed by atoms with Crippen molar-refractivity contribution in [3.63, 3.8) is 0 Å². The molecule has 0 fully saturated rings. The quantitative estimate of drug-likeness (QED) is 0.856. The van der Waals surface area contributed by atoms with Gasteiger partial charge in [0.1, 0.15) is 0 Å². The summed E-state index contributed by atoms with van der Waals surface area (Å²) in [6, 6.07) is 12.1. The number of nitrogens with one attached hydrogen (secondary N) is 1. The van der Waals surface area contributed by atoms with E-state index in [-0.39, 0.29) is 5.03 Å². The average molecular weight is 360 g/mol. The van der Waals surface area contributed by atoms with Crippen LogP contribution in [-0.4, -0.2) is 13.4 Å². The molecule has 1 N–H and O–H groups in total. The molecule has 1 aromatic heterocycles. The molecule has 2 aromatic rings. The lowest BCUT2D eigenvalue weighted by Crippen LogP contribution is -2.15. The van der Waals surface area contributed by atoms with Crippen molar-refractivity contribution in [3.8, 4) is 0 Å². The Labute approximate surface area is 113 Å². The van der Waals surface area contributed by atoms with Gasteiger partial charge in [-0.25, -0.2) is 4.98 Å². The van der Waals surface area contributed by atoms with Gasteiger partial charge in [-0.15, -0.1) is 0 Å². The van der Waals surface area contributed by atoms with E-state index in [1.54, 1.807) is 36.4 Å². The molecule has 0 saturated carbocycles. The normalized spacial score (nSPS) is 11.1. The molecule has 1 aromatic carbocycles. The maximum absolute atomic E-state index is 12.0. The van der Waals surface area contributed by atoms with Gasteiger partial charge < -0.3 is 0 Å². The summed E-state index contributed by atoms with van der Waals surface area (Å²) in [7, 11) is -3.61. The van der Waals surface area contributed by atoms with Gasteiger partial charge in [0.05, 0.1) is 3.57 Å². The van der Waals surface area contributed by atoms with Crippen LogP contribution in [-0.2, 0) is 10.0 Å². The molecule has 17 heavy (non-hydrogen) atoms. The Morgan fingerprint density at radius 2 is 1.76 bits per heavy atom. The second kappa shape index (κ2) is 5.01. The first-order valence-electron chi connectivity index (χ1n) is 4.78. The first kappa shape index (κ1) is 12.3. The first-order valence-corrected chi connectivity index (χ1v) is 7.34. The first-order chi connectivity index (χ1) is 8.09. The average Bonchev–Trinajstić information content (AvgIpc) is 2.30. The molecular weight excluding hydrogens is 351 g/mol. The third kappa shape index (κ3) is 2.95. The molecule has 6 heteroatoms. The fourth-order valence-electron chi connectivity index (χ4n) is 1.28. The van der Waals surface area contributed by atoms with Crippen molar-refractivity contribution in [3.05, 3.63) is 52.2 Å². The van der Waals surface area contributed by atoms with E-state index in [4.69, 9.17) is 0 Å². The highest BCUT2D eigenvalue weighted by Crippen LogP contribution is 2.18. The molecular formula is C11H9IN2O2S. The standard InChI is InChI=1S/C11H9IN2O2S/c12-10-7-4-8-13-11(10)17(15,16)14-9-5-2-1-3-6-9/h1-8,14H. The summed E-state index contributed by atoms with van der Waals surface area (Å²) in [5.74, 6) is 0. The van der Waals surface area contributed by atoms with Crippen LogP contribution < -0.4 is 4.72 Å².